The van der Waals surface area contributed by atoms with Gasteiger partial charge in [-0.3, -0.25) is 10.1 Å². The summed E-state index contributed by atoms with van der Waals surface area (Å²) in [6.45, 7) is 3.66. The standard InChI is InChI=1S/C14H19N3O4S/c1-10-4-3-5-12(8-10)15-16-22(20,21)13-7-6-11(2)14(9-13)17(18)19/h6-7,9-10,16H,3-5,8H2,1-2H3/b15-12-/t10-/m1/s1. The minimum absolute atomic E-state index is 0.155. The lowest BCUT2D eigenvalue weighted by molar-refractivity contribution is -0.385. The zero-order valence-electron chi connectivity index (χ0n) is 12.6. The summed E-state index contributed by atoms with van der Waals surface area (Å²) in [4.78, 5) is 12.3. The van der Waals surface area contributed by atoms with Gasteiger partial charge < -0.3 is 0 Å². The SMILES string of the molecule is Cc1ccc(S(=O)(=O)N/N=C2/CCC[C@@H](C)C2)cc1[N+](=O)[O-]. The molecule has 0 aliphatic heterocycles. The average molecular weight is 325 g/mol. The molecule has 2 rings (SSSR count). The molecule has 1 aliphatic carbocycles. The molecule has 0 saturated heterocycles. The minimum atomic E-state index is -3.89. The molecule has 0 amide bonds. The maximum Gasteiger partial charge on any atom is 0.276 e. The molecule has 0 unspecified atom stereocenters. The third kappa shape index (κ3) is 3.82. The van der Waals surface area contributed by atoms with Crippen LogP contribution in [-0.2, 0) is 10.0 Å². The normalized spacial score (nSPS) is 20.8. The molecule has 0 heterocycles. The largest absolute Gasteiger partial charge is 0.276 e. The van der Waals surface area contributed by atoms with E-state index in [-0.39, 0.29) is 10.6 Å². The Hall–Kier alpha value is -1.96. The van der Waals surface area contributed by atoms with Gasteiger partial charge in [-0.2, -0.15) is 13.5 Å². The van der Waals surface area contributed by atoms with Gasteiger partial charge in [-0.15, -0.1) is 0 Å². The number of hydrogen-bond donors (Lipinski definition) is 1. The fraction of sp³-hybridized carbons (Fsp3) is 0.500. The van der Waals surface area contributed by atoms with Crippen molar-refractivity contribution in [3.63, 3.8) is 0 Å². The highest BCUT2D eigenvalue weighted by Crippen LogP contribution is 2.23. The molecule has 0 bridgehead atoms. The Morgan fingerprint density at radius 2 is 2.14 bits per heavy atom. The van der Waals surface area contributed by atoms with Crippen molar-refractivity contribution in [2.45, 2.75) is 44.4 Å². The lowest BCUT2D eigenvalue weighted by atomic mass is 9.89. The van der Waals surface area contributed by atoms with Crippen LogP contribution in [0.3, 0.4) is 0 Å². The first-order chi connectivity index (χ1) is 10.3. The quantitative estimate of drug-likeness (QED) is 0.679. The van der Waals surface area contributed by atoms with E-state index in [4.69, 9.17) is 0 Å². The van der Waals surface area contributed by atoms with E-state index in [1.54, 1.807) is 6.92 Å². The highest BCUT2D eigenvalue weighted by Gasteiger charge is 2.20. The first kappa shape index (κ1) is 16.4. The summed E-state index contributed by atoms with van der Waals surface area (Å²) < 4.78 is 24.4. The third-order valence-corrected chi connectivity index (χ3v) is 4.96. The Balaban J connectivity index is 2.22. The molecule has 1 aromatic rings. The summed E-state index contributed by atoms with van der Waals surface area (Å²) in [5.74, 6) is 0.498. The number of nitrogens with one attached hydrogen (secondary N) is 1. The summed E-state index contributed by atoms with van der Waals surface area (Å²) in [5, 5.41) is 14.9. The lowest BCUT2D eigenvalue weighted by Crippen LogP contribution is -2.22. The minimum Gasteiger partial charge on any atom is -0.258 e. The molecular formula is C14H19N3O4S. The summed E-state index contributed by atoms with van der Waals surface area (Å²) in [6, 6.07) is 3.82. The van der Waals surface area contributed by atoms with Gasteiger partial charge in [0.05, 0.1) is 9.82 Å². The van der Waals surface area contributed by atoms with Crippen LogP contribution in [0.15, 0.2) is 28.2 Å². The highest BCUT2D eigenvalue weighted by molar-refractivity contribution is 7.89. The topological polar surface area (TPSA) is 102 Å². The van der Waals surface area contributed by atoms with E-state index in [2.05, 4.69) is 16.9 Å². The van der Waals surface area contributed by atoms with Crippen LogP contribution < -0.4 is 4.83 Å². The smallest absolute Gasteiger partial charge is 0.258 e. The predicted molar refractivity (Wildman–Crippen MR) is 83.2 cm³/mol. The average Bonchev–Trinajstić information content (AvgIpc) is 2.45. The molecule has 1 fully saturated rings. The van der Waals surface area contributed by atoms with Gasteiger partial charge in [-0.25, -0.2) is 4.83 Å². The van der Waals surface area contributed by atoms with Crippen LogP contribution in [-0.4, -0.2) is 19.1 Å². The zero-order chi connectivity index (χ0) is 16.3. The van der Waals surface area contributed by atoms with Crippen molar-refractivity contribution in [1.82, 2.24) is 4.83 Å². The third-order valence-electron chi connectivity index (χ3n) is 3.76. The van der Waals surface area contributed by atoms with Gasteiger partial charge >= 0.3 is 0 Å². The Bertz CT molecular complexity index is 713. The van der Waals surface area contributed by atoms with E-state index in [0.29, 0.717) is 11.5 Å². The Labute approximate surface area is 129 Å². The van der Waals surface area contributed by atoms with Gasteiger partial charge in [0.15, 0.2) is 0 Å². The van der Waals surface area contributed by atoms with Gasteiger partial charge in [0.1, 0.15) is 0 Å². The van der Waals surface area contributed by atoms with Crippen molar-refractivity contribution in [2.24, 2.45) is 11.0 Å². The lowest BCUT2D eigenvalue weighted by Gasteiger charge is -2.19. The number of hydrazone groups is 1. The summed E-state index contributed by atoms with van der Waals surface area (Å²) >= 11 is 0. The van der Waals surface area contributed by atoms with Crippen molar-refractivity contribution in [3.8, 4) is 0 Å². The maximum absolute atomic E-state index is 12.2. The van der Waals surface area contributed by atoms with Gasteiger partial charge in [-0.1, -0.05) is 13.0 Å². The van der Waals surface area contributed by atoms with E-state index in [1.165, 1.54) is 12.1 Å². The maximum atomic E-state index is 12.2. The molecule has 1 saturated carbocycles. The van der Waals surface area contributed by atoms with Crippen molar-refractivity contribution >= 4 is 21.4 Å². The summed E-state index contributed by atoms with van der Waals surface area (Å²) in [5.41, 5.74) is 1.02. The molecule has 1 aromatic carbocycles. The molecule has 22 heavy (non-hydrogen) atoms. The van der Waals surface area contributed by atoms with E-state index < -0.39 is 14.9 Å². The van der Waals surface area contributed by atoms with Crippen LogP contribution in [0.5, 0.6) is 0 Å². The summed E-state index contributed by atoms with van der Waals surface area (Å²) in [7, 11) is -3.89. The second-order valence-electron chi connectivity index (χ2n) is 5.68. The van der Waals surface area contributed by atoms with Crippen LogP contribution in [0, 0.1) is 23.0 Å². The number of nitrogens with zero attached hydrogens (tertiary/aromatic N) is 2. The number of nitro benzene ring substituents is 1. The zero-order valence-corrected chi connectivity index (χ0v) is 13.4. The van der Waals surface area contributed by atoms with E-state index >= 15 is 0 Å². The number of aryl methyl sites for hydroxylation is 1. The van der Waals surface area contributed by atoms with E-state index in [1.807, 2.05) is 0 Å². The highest BCUT2D eigenvalue weighted by atomic mass is 32.2. The van der Waals surface area contributed by atoms with Crippen LogP contribution in [0.2, 0.25) is 0 Å². The monoisotopic (exact) mass is 325 g/mol. The van der Waals surface area contributed by atoms with Crippen LogP contribution >= 0.6 is 0 Å². The van der Waals surface area contributed by atoms with E-state index in [0.717, 1.165) is 37.5 Å². The van der Waals surface area contributed by atoms with Gasteiger partial charge in [0.25, 0.3) is 15.7 Å². The number of nitro groups is 1. The Morgan fingerprint density at radius 1 is 1.41 bits per heavy atom. The first-order valence-electron chi connectivity index (χ1n) is 7.12. The Morgan fingerprint density at radius 3 is 2.77 bits per heavy atom. The number of sulfonamides is 1. The molecule has 0 radical (unpaired) electrons. The molecule has 120 valence electrons. The van der Waals surface area contributed by atoms with Gasteiger partial charge in [-0.05, 0) is 44.6 Å². The number of benzene rings is 1. The van der Waals surface area contributed by atoms with Gasteiger partial charge in [0.2, 0.25) is 0 Å². The summed E-state index contributed by atoms with van der Waals surface area (Å²) in [6.07, 6.45) is 3.67. The van der Waals surface area contributed by atoms with Crippen molar-refractivity contribution < 1.29 is 13.3 Å². The number of hydrogen-bond acceptors (Lipinski definition) is 5. The van der Waals surface area contributed by atoms with Gasteiger partial charge in [0, 0.05) is 17.3 Å². The molecule has 1 N–H and O–H groups in total. The second kappa shape index (κ2) is 6.43. The van der Waals surface area contributed by atoms with Crippen molar-refractivity contribution in [3.05, 3.63) is 33.9 Å². The second-order valence-corrected chi connectivity index (χ2v) is 7.34. The van der Waals surface area contributed by atoms with E-state index in [9.17, 15) is 18.5 Å². The molecular weight excluding hydrogens is 306 g/mol. The first-order valence-corrected chi connectivity index (χ1v) is 8.60. The molecule has 7 nitrogen and oxygen atoms in total. The predicted octanol–water partition coefficient (Wildman–Crippen LogP) is 2.75. The fourth-order valence-electron chi connectivity index (χ4n) is 2.49. The molecule has 0 spiro atoms. The fourth-order valence-corrected chi connectivity index (χ4v) is 3.36. The number of rotatable bonds is 4. The Kier molecular flexibility index (Phi) is 4.80. The van der Waals surface area contributed by atoms with Crippen molar-refractivity contribution in [1.29, 1.82) is 0 Å². The van der Waals surface area contributed by atoms with Crippen LogP contribution in [0.4, 0.5) is 5.69 Å². The molecule has 1 atom stereocenters. The van der Waals surface area contributed by atoms with Crippen LogP contribution in [0.25, 0.3) is 0 Å². The molecule has 0 aromatic heterocycles. The van der Waals surface area contributed by atoms with Crippen molar-refractivity contribution in [2.75, 3.05) is 0 Å². The molecule has 1 aliphatic rings. The molecule has 8 heteroatoms. The van der Waals surface area contributed by atoms with Crippen LogP contribution in [0.1, 0.15) is 38.2 Å².